The summed E-state index contributed by atoms with van der Waals surface area (Å²) in [6.45, 7) is 0.496. The van der Waals surface area contributed by atoms with E-state index >= 15 is 0 Å². The molecule has 0 aliphatic carbocycles. The maximum absolute atomic E-state index is 5.65. The van der Waals surface area contributed by atoms with Crippen LogP contribution < -0.4 is 4.74 Å². The molecule has 1 aromatic carbocycles. The fraction of sp³-hybridized carbons (Fsp3) is 0.0833. The van der Waals surface area contributed by atoms with Gasteiger partial charge in [-0.1, -0.05) is 15.9 Å². The molecule has 0 bridgehead atoms. The summed E-state index contributed by atoms with van der Waals surface area (Å²) in [4.78, 5) is 5.45. The zero-order valence-electron chi connectivity index (χ0n) is 8.84. The molecule has 0 amide bonds. The summed E-state index contributed by atoms with van der Waals surface area (Å²) in [7, 11) is 0. The molecule has 3 aromatic rings. The van der Waals surface area contributed by atoms with Crippen molar-refractivity contribution in [1.29, 1.82) is 0 Å². The van der Waals surface area contributed by atoms with Crippen LogP contribution in [0.4, 0.5) is 0 Å². The number of rotatable bonds is 3. The number of hydrogen-bond donors (Lipinski definition) is 0. The number of hydrogen-bond acceptors (Lipinski definition) is 3. The van der Waals surface area contributed by atoms with Crippen LogP contribution in [0.3, 0.4) is 0 Å². The van der Waals surface area contributed by atoms with Gasteiger partial charge in [0.15, 0.2) is 4.96 Å². The number of benzene rings is 1. The van der Waals surface area contributed by atoms with E-state index in [1.807, 2.05) is 46.4 Å². The Balaban J connectivity index is 1.71. The summed E-state index contributed by atoms with van der Waals surface area (Å²) in [5.74, 6) is 0.851. The van der Waals surface area contributed by atoms with E-state index in [-0.39, 0.29) is 0 Å². The monoisotopic (exact) mass is 308 g/mol. The third-order valence-electron chi connectivity index (χ3n) is 2.34. The minimum absolute atomic E-state index is 0.496. The van der Waals surface area contributed by atoms with Gasteiger partial charge in [-0.25, -0.2) is 4.98 Å². The Morgan fingerprint density at radius 1 is 1.29 bits per heavy atom. The van der Waals surface area contributed by atoms with Crippen molar-refractivity contribution in [3.63, 3.8) is 0 Å². The predicted octanol–water partition coefficient (Wildman–Crippen LogP) is 3.74. The molecule has 0 saturated heterocycles. The zero-order chi connectivity index (χ0) is 11.7. The van der Waals surface area contributed by atoms with Gasteiger partial charge in [-0.05, 0) is 24.3 Å². The maximum Gasteiger partial charge on any atom is 0.193 e. The zero-order valence-corrected chi connectivity index (χ0v) is 11.2. The summed E-state index contributed by atoms with van der Waals surface area (Å²) < 4.78 is 8.71. The van der Waals surface area contributed by atoms with Gasteiger partial charge in [-0.15, -0.1) is 11.3 Å². The SMILES string of the molecule is Brc1ccc(OCc2cn3ccsc3n2)cc1. The summed E-state index contributed by atoms with van der Waals surface area (Å²) in [5.41, 5.74) is 0.944. The Morgan fingerprint density at radius 2 is 2.12 bits per heavy atom. The van der Waals surface area contributed by atoms with Gasteiger partial charge >= 0.3 is 0 Å². The highest BCUT2D eigenvalue weighted by Crippen LogP contribution is 2.18. The average Bonchev–Trinajstić information content (AvgIpc) is 2.88. The number of halogens is 1. The lowest BCUT2D eigenvalue weighted by Crippen LogP contribution is -1.95. The highest BCUT2D eigenvalue weighted by atomic mass is 79.9. The quantitative estimate of drug-likeness (QED) is 0.737. The van der Waals surface area contributed by atoms with E-state index in [0.717, 1.165) is 20.9 Å². The first-order chi connectivity index (χ1) is 8.31. The van der Waals surface area contributed by atoms with Crippen molar-refractivity contribution in [1.82, 2.24) is 9.38 Å². The molecular formula is C12H9BrN2OS. The van der Waals surface area contributed by atoms with E-state index in [0.29, 0.717) is 6.61 Å². The first kappa shape index (κ1) is 10.8. The van der Waals surface area contributed by atoms with Gasteiger partial charge in [0.1, 0.15) is 12.4 Å². The Hall–Kier alpha value is -1.33. The van der Waals surface area contributed by atoms with Gasteiger partial charge in [0, 0.05) is 22.2 Å². The van der Waals surface area contributed by atoms with E-state index in [4.69, 9.17) is 4.74 Å². The molecule has 17 heavy (non-hydrogen) atoms. The standard InChI is InChI=1S/C12H9BrN2OS/c13-9-1-3-11(4-2-9)16-8-10-7-15-5-6-17-12(15)14-10/h1-7H,8H2. The minimum Gasteiger partial charge on any atom is -0.487 e. The molecule has 3 rings (SSSR count). The largest absolute Gasteiger partial charge is 0.487 e. The smallest absolute Gasteiger partial charge is 0.193 e. The summed E-state index contributed by atoms with van der Waals surface area (Å²) >= 11 is 5.01. The minimum atomic E-state index is 0.496. The molecule has 0 radical (unpaired) electrons. The fourth-order valence-corrected chi connectivity index (χ4v) is 2.52. The van der Waals surface area contributed by atoms with Crippen molar-refractivity contribution in [3.05, 3.63) is 52.2 Å². The fourth-order valence-electron chi connectivity index (χ4n) is 1.53. The highest BCUT2D eigenvalue weighted by molar-refractivity contribution is 9.10. The van der Waals surface area contributed by atoms with Gasteiger partial charge in [-0.3, -0.25) is 4.40 Å². The molecule has 3 nitrogen and oxygen atoms in total. The predicted molar refractivity (Wildman–Crippen MR) is 71.5 cm³/mol. The summed E-state index contributed by atoms with van der Waals surface area (Å²) in [5, 5.41) is 2.02. The average molecular weight is 309 g/mol. The molecule has 5 heteroatoms. The van der Waals surface area contributed by atoms with E-state index in [1.54, 1.807) is 11.3 Å². The number of thiazole rings is 1. The van der Waals surface area contributed by atoms with Crippen LogP contribution in [-0.2, 0) is 6.61 Å². The summed E-state index contributed by atoms with van der Waals surface area (Å²) in [6.07, 6.45) is 3.99. The van der Waals surface area contributed by atoms with Crippen LogP contribution in [-0.4, -0.2) is 9.38 Å². The molecule has 0 spiro atoms. The van der Waals surface area contributed by atoms with Crippen molar-refractivity contribution in [2.45, 2.75) is 6.61 Å². The van der Waals surface area contributed by atoms with Crippen molar-refractivity contribution < 1.29 is 4.74 Å². The second kappa shape index (κ2) is 4.50. The number of fused-ring (bicyclic) bond motifs is 1. The Morgan fingerprint density at radius 3 is 2.88 bits per heavy atom. The van der Waals surface area contributed by atoms with Gasteiger partial charge in [0.25, 0.3) is 0 Å². The molecule has 2 heterocycles. The molecule has 0 unspecified atom stereocenters. The third kappa shape index (κ3) is 2.35. The Kier molecular flexibility index (Phi) is 2.86. The second-order valence-electron chi connectivity index (χ2n) is 3.57. The van der Waals surface area contributed by atoms with Crippen molar-refractivity contribution in [2.24, 2.45) is 0 Å². The van der Waals surface area contributed by atoms with Gasteiger partial charge < -0.3 is 4.74 Å². The van der Waals surface area contributed by atoms with Crippen LogP contribution in [0.5, 0.6) is 5.75 Å². The van der Waals surface area contributed by atoms with Crippen LogP contribution in [0, 0.1) is 0 Å². The molecule has 0 aliphatic rings. The van der Waals surface area contributed by atoms with Crippen molar-refractivity contribution in [2.75, 3.05) is 0 Å². The van der Waals surface area contributed by atoms with Crippen molar-refractivity contribution >= 4 is 32.2 Å². The molecule has 0 saturated carbocycles. The number of nitrogens with zero attached hydrogens (tertiary/aromatic N) is 2. The van der Waals surface area contributed by atoms with E-state index in [9.17, 15) is 0 Å². The second-order valence-corrected chi connectivity index (χ2v) is 5.36. The van der Waals surface area contributed by atoms with E-state index in [2.05, 4.69) is 20.9 Å². The number of aromatic nitrogens is 2. The summed E-state index contributed by atoms with van der Waals surface area (Å²) in [6, 6.07) is 7.78. The van der Waals surface area contributed by atoms with Gasteiger partial charge in [-0.2, -0.15) is 0 Å². The molecule has 0 N–H and O–H groups in total. The molecule has 2 aromatic heterocycles. The topological polar surface area (TPSA) is 26.5 Å². The van der Waals surface area contributed by atoms with Crippen LogP contribution >= 0.6 is 27.3 Å². The first-order valence-electron chi connectivity index (χ1n) is 5.11. The third-order valence-corrected chi connectivity index (χ3v) is 3.64. The maximum atomic E-state index is 5.65. The molecule has 0 fully saturated rings. The Labute approximate surface area is 111 Å². The van der Waals surface area contributed by atoms with Gasteiger partial charge in [0.05, 0.1) is 5.69 Å². The lowest BCUT2D eigenvalue weighted by atomic mass is 10.3. The molecule has 86 valence electrons. The van der Waals surface area contributed by atoms with E-state index < -0.39 is 0 Å². The number of imidazole rings is 1. The molecular weight excluding hydrogens is 300 g/mol. The van der Waals surface area contributed by atoms with Crippen LogP contribution in [0.25, 0.3) is 4.96 Å². The van der Waals surface area contributed by atoms with E-state index in [1.165, 1.54) is 0 Å². The lowest BCUT2D eigenvalue weighted by molar-refractivity contribution is 0.302. The van der Waals surface area contributed by atoms with Crippen molar-refractivity contribution in [3.8, 4) is 5.75 Å². The van der Waals surface area contributed by atoms with Crippen LogP contribution in [0.2, 0.25) is 0 Å². The Bertz CT molecular complexity index is 601. The van der Waals surface area contributed by atoms with Crippen LogP contribution in [0.1, 0.15) is 5.69 Å². The first-order valence-corrected chi connectivity index (χ1v) is 6.78. The lowest BCUT2D eigenvalue weighted by Gasteiger charge is -2.03. The highest BCUT2D eigenvalue weighted by Gasteiger charge is 2.03. The molecule has 0 aliphatic heterocycles. The number of ether oxygens (including phenoxy) is 1. The molecule has 0 atom stereocenters. The van der Waals surface area contributed by atoms with Gasteiger partial charge in [0.2, 0.25) is 0 Å². The van der Waals surface area contributed by atoms with Crippen LogP contribution in [0.15, 0.2) is 46.5 Å². The normalized spacial score (nSPS) is 10.9.